The summed E-state index contributed by atoms with van der Waals surface area (Å²) in [6.45, 7) is 1.30. The van der Waals surface area contributed by atoms with Gasteiger partial charge >= 0.3 is 6.09 Å². The zero-order chi connectivity index (χ0) is 14.6. The Kier molecular flexibility index (Phi) is 2.32. The van der Waals surface area contributed by atoms with Crippen LogP contribution in [0.1, 0.15) is 5.82 Å². The second kappa shape index (κ2) is 4.08. The highest BCUT2D eigenvalue weighted by Gasteiger charge is 2.25. The van der Waals surface area contributed by atoms with Gasteiger partial charge in [-0.15, -0.1) is 0 Å². The Balaban J connectivity index is 2.03. The van der Waals surface area contributed by atoms with E-state index in [-0.39, 0.29) is 6.54 Å². The summed E-state index contributed by atoms with van der Waals surface area (Å²) in [7, 11) is 0. The van der Waals surface area contributed by atoms with E-state index in [2.05, 4.69) is 14.5 Å². The van der Waals surface area contributed by atoms with Gasteiger partial charge in [0.1, 0.15) is 11.3 Å². The first-order chi connectivity index (χ1) is 10.1. The van der Waals surface area contributed by atoms with Crippen molar-refractivity contribution < 1.29 is 9.90 Å². The molecule has 1 aromatic carbocycles. The number of pyridine rings is 1. The van der Waals surface area contributed by atoms with Crippen LogP contribution in [-0.2, 0) is 13.1 Å². The smallest absolute Gasteiger partial charge is 0.407 e. The number of hydrogen-bond acceptors (Lipinski definition) is 4. The van der Waals surface area contributed by atoms with Crippen LogP contribution < -0.4 is 5.73 Å². The largest absolute Gasteiger partial charge is 0.465 e. The van der Waals surface area contributed by atoms with Crippen molar-refractivity contribution >= 4 is 33.8 Å². The van der Waals surface area contributed by atoms with Crippen LogP contribution >= 0.6 is 0 Å². The monoisotopic (exact) mass is 283 g/mol. The molecule has 3 heterocycles. The fourth-order valence-corrected chi connectivity index (χ4v) is 2.90. The maximum atomic E-state index is 11.1. The highest BCUT2D eigenvalue weighted by Crippen LogP contribution is 2.30. The van der Waals surface area contributed by atoms with Crippen LogP contribution in [0.3, 0.4) is 0 Å². The SMILES string of the molecule is Nc1nc2ccccc2c2c1nc1n2CCN(C(=O)O)C1. The third-order valence-electron chi connectivity index (χ3n) is 3.89. The number of hydrogen-bond donors (Lipinski definition) is 2. The Morgan fingerprint density at radius 3 is 2.86 bits per heavy atom. The van der Waals surface area contributed by atoms with Crippen LogP contribution in [0.15, 0.2) is 24.3 Å². The number of carbonyl (C=O) groups is 1. The number of imidazole rings is 1. The number of rotatable bonds is 0. The number of nitrogens with zero attached hydrogens (tertiary/aromatic N) is 4. The third kappa shape index (κ3) is 1.63. The molecule has 0 saturated carbocycles. The van der Waals surface area contributed by atoms with Crippen LogP contribution in [0.5, 0.6) is 0 Å². The van der Waals surface area contributed by atoms with Gasteiger partial charge in [0.2, 0.25) is 0 Å². The molecule has 0 aliphatic carbocycles. The summed E-state index contributed by atoms with van der Waals surface area (Å²) in [5, 5.41) is 10.1. The standard InChI is InChI=1S/C14H13N5O2/c15-13-11-12(8-3-1-2-4-9(8)16-13)19-6-5-18(14(20)21)7-10(19)17-11/h1-4H,5-7H2,(H2,15,16)(H,20,21). The van der Waals surface area contributed by atoms with E-state index < -0.39 is 6.09 Å². The Morgan fingerprint density at radius 1 is 1.24 bits per heavy atom. The lowest BCUT2D eigenvalue weighted by Gasteiger charge is -2.25. The first-order valence-corrected chi connectivity index (χ1v) is 6.66. The van der Waals surface area contributed by atoms with Gasteiger partial charge in [-0.2, -0.15) is 0 Å². The second-order valence-electron chi connectivity index (χ2n) is 5.10. The zero-order valence-corrected chi connectivity index (χ0v) is 11.2. The van der Waals surface area contributed by atoms with Gasteiger partial charge < -0.3 is 15.4 Å². The number of anilines is 1. The fraction of sp³-hybridized carbons (Fsp3) is 0.214. The number of nitrogens with two attached hydrogens (primary N) is 1. The van der Waals surface area contributed by atoms with E-state index >= 15 is 0 Å². The summed E-state index contributed by atoms with van der Waals surface area (Å²) in [5.74, 6) is 1.09. The summed E-state index contributed by atoms with van der Waals surface area (Å²) in [6.07, 6.45) is -0.927. The molecule has 106 valence electrons. The number of amides is 1. The third-order valence-corrected chi connectivity index (χ3v) is 3.89. The van der Waals surface area contributed by atoms with E-state index in [0.717, 1.165) is 16.4 Å². The lowest BCUT2D eigenvalue weighted by molar-refractivity contribution is 0.132. The molecule has 7 nitrogen and oxygen atoms in total. The molecule has 7 heteroatoms. The van der Waals surface area contributed by atoms with Gasteiger partial charge in [-0.05, 0) is 6.07 Å². The minimum absolute atomic E-state index is 0.276. The molecule has 0 bridgehead atoms. The van der Waals surface area contributed by atoms with Crippen LogP contribution in [0.4, 0.5) is 10.6 Å². The molecule has 0 saturated heterocycles. The average Bonchev–Trinajstić information content (AvgIpc) is 2.87. The Labute approximate surface area is 119 Å². The molecule has 1 aliphatic rings. The van der Waals surface area contributed by atoms with Crippen molar-refractivity contribution in [1.29, 1.82) is 0 Å². The predicted octanol–water partition coefficient (Wildman–Crippen LogP) is 1.66. The summed E-state index contributed by atoms with van der Waals surface area (Å²) in [5.41, 5.74) is 8.43. The van der Waals surface area contributed by atoms with Gasteiger partial charge in [0, 0.05) is 18.5 Å². The number of aromatic nitrogens is 3. The number of para-hydroxylation sites is 1. The molecule has 21 heavy (non-hydrogen) atoms. The maximum Gasteiger partial charge on any atom is 0.407 e. The van der Waals surface area contributed by atoms with Gasteiger partial charge in [0.25, 0.3) is 0 Å². The van der Waals surface area contributed by atoms with E-state index in [1.807, 2.05) is 24.3 Å². The van der Waals surface area contributed by atoms with E-state index in [9.17, 15) is 4.79 Å². The molecule has 0 unspecified atom stereocenters. The summed E-state index contributed by atoms with van der Waals surface area (Å²) in [6, 6.07) is 7.77. The quantitative estimate of drug-likeness (QED) is 0.654. The molecule has 4 rings (SSSR count). The number of fused-ring (bicyclic) bond motifs is 5. The molecule has 0 fully saturated rings. The van der Waals surface area contributed by atoms with Crippen LogP contribution in [0, 0.1) is 0 Å². The Hall–Kier alpha value is -2.83. The molecule has 0 radical (unpaired) electrons. The number of nitrogen functional groups attached to an aromatic ring is 1. The lowest BCUT2D eigenvalue weighted by Crippen LogP contribution is -2.37. The van der Waals surface area contributed by atoms with Crippen molar-refractivity contribution in [3.8, 4) is 0 Å². The highest BCUT2D eigenvalue weighted by atomic mass is 16.4. The van der Waals surface area contributed by atoms with Crippen molar-refractivity contribution in [1.82, 2.24) is 19.4 Å². The summed E-state index contributed by atoms with van der Waals surface area (Å²) in [4.78, 5) is 21.3. The van der Waals surface area contributed by atoms with E-state index in [1.165, 1.54) is 4.90 Å². The minimum Gasteiger partial charge on any atom is -0.465 e. The van der Waals surface area contributed by atoms with Crippen LogP contribution in [0.2, 0.25) is 0 Å². The van der Waals surface area contributed by atoms with Crippen molar-refractivity contribution in [2.75, 3.05) is 12.3 Å². The second-order valence-corrected chi connectivity index (χ2v) is 5.10. The van der Waals surface area contributed by atoms with Crippen LogP contribution in [0.25, 0.3) is 21.9 Å². The maximum absolute atomic E-state index is 11.1. The van der Waals surface area contributed by atoms with Crippen molar-refractivity contribution in [3.05, 3.63) is 30.1 Å². The van der Waals surface area contributed by atoms with Crippen LogP contribution in [-0.4, -0.2) is 37.2 Å². The Morgan fingerprint density at radius 2 is 2.05 bits per heavy atom. The first kappa shape index (κ1) is 12.0. The van der Waals surface area contributed by atoms with Gasteiger partial charge in [-0.3, -0.25) is 4.90 Å². The van der Waals surface area contributed by atoms with Crippen molar-refractivity contribution in [2.45, 2.75) is 13.1 Å². The van der Waals surface area contributed by atoms with E-state index in [1.54, 1.807) is 0 Å². The minimum atomic E-state index is -0.927. The van der Waals surface area contributed by atoms with Crippen molar-refractivity contribution in [2.24, 2.45) is 0 Å². The molecule has 0 spiro atoms. The van der Waals surface area contributed by atoms with Gasteiger partial charge in [0.05, 0.1) is 17.6 Å². The molecule has 1 amide bonds. The zero-order valence-electron chi connectivity index (χ0n) is 11.2. The molecule has 3 aromatic rings. The molecule has 0 atom stereocenters. The number of benzene rings is 1. The molecule has 3 N–H and O–H groups in total. The Bertz CT molecular complexity index is 886. The topological polar surface area (TPSA) is 97.3 Å². The fourth-order valence-electron chi connectivity index (χ4n) is 2.90. The van der Waals surface area contributed by atoms with E-state index in [4.69, 9.17) is 10.8 Å². The van der Waals surface area contributed by atoms with Gasteiger partial charge in [-0.25, -0.2) is 14.8 Å². The molecular weight excluding hydrogens is 270 g/mol. The average molecular weight is 283 g/mol. The summed E-state index contributed by atoms with van der Waals surface area (Å²) >= 11 is 0. The molecular formula is C14H13N5O2. The molecule has 2 aromatic heterocycles. The molecule has 1 aliphatic heterocycles. The lowest BCUT2D eigenvalue weighted by atomic mass is 10.2. The first-order valence-electron chi connectivity index (χ1n) is 6.66. The predicted molar refractivity (Wildman–Crippen MR) is 77.9 cm³/mol. The van der Waals surface area contributed by atoms with Gasteiger partial charge in [-0.1, -0.05) is 18.2 Å². The van der Waals surface area contributed by atoms with Gasteiger partial charge in [0.15, 0.2) is 5.82 Å². The summed E-state index contributed by atoms with van der Waals surface area (Å²) < 4.78 is 2.05. The van der Waals surface area contributed by atoms with E-state index in [0.29, 0.717) is 30.2 Å². The van der Waals surface area contributed by atoms with Crippen molar-refractivity contribution in [3.63, 3.8) is 0 Å². The number of carboxylic acid groups (broad SMARTS) is 1. The normalized spacial score (nSPS) is 14.6. The highest BCUT2D eigenvalue weighted by molar-refractivity contribution is 6.06.